The molecule has 0 radical (unpaired) electrons. The molecule has 0 saturated heterocycles. The van der Waals surface area contributed by atoms with Gasteiger partial charge >= 0.3 is 0 Å². The van der Waals surface area contributed by atoms with E-state index < -0.39 is 6.10 Å². The fraction of sp³-hybridized carbons (Fsp3) is 0.400. The van der Waals surface area contributed by atoms with Crippen molar-refractivity contribution < 1.29 is 5.11 Å². The first kappa shape index (κ1) is 18.5. The van der Waals surface area contributed by atoms with Crippen LogP contribution in [0.4, 0.5) is 0 Å². The van der Waals surface area contributed by atoms with Gasteiger partial charge in [0.2, 0.25) is 0 Å². The van der Waals surface area contributed by atoms with Crippen LogP contribution >= 0.6 is 23.2 Å². The summed E-state index contributed by atoms with van der Waals surface area (Å²) >= 11 is 12.4. The maximum Gasteiger partial charge on any atom is 0.0843 e. The lowest BCUT2D eigenvalue weighted by Crippen LogP contribution is -2.31. The van der Waals surface area contributed by atoms with Crippen molar-refractivity contribution in [3.05, 3.63) is 46.4 Å². The van der Waals surface area contributed by atoms with Crippen LogP contribution < -0.4 is 5.32 Å². The standard InChI is InChI=1S/C20H24Cl2N2O/c1-13(2)7-8-23-11-16(25)12-24-19-5-3-14(21)9-17(19)18-10-15(22)4-6-20(18)24/h3-6,9-10,13,16,23,25H,7-8,11-12H2,1-2H3/t16-/m1/s1. The summed E-state index contributed by atoms with van der Waals surface area (Å²) in [7, 11) is 0. The second-order valence-electron chi connectivity index (χ2n) is 6.97. The molecule has 0 spiro atoms. The average molecular weight is 379 g/mol. The molecule has 0 fully saturated rings. The lowest BCUT2D eigenvalue weighted by Gasteiger charge is -2.15. The average Bonchev–Trinajstić information content (AvgIpc) is 2.84. The van der Waals surface area contributed by atoms with Crippen molar-refractivity contribution in [2.24, 2.45) is 5.92 Å². The van der Waals surface area contributed by atoms with E-state index in [0.717, 1.165) is 34.8 Å². The number of aromatic nitrogens is 1. The van der Waals surface area contributed by atoms with Crippen LogP contribution in [0.5, 0.6) is 0 Å². The van der Waals surface area contributed by atoms with Gasteiger partial charge in [-0.2, -0.15) is 0 Å². The fourth-order valence-electron chi connectivity index (χ4n) is 3.18. The number of benzene rings is 2. The number of rotatable bonds is 7. The van der Waals surface area contributed by atoms with Gasteiger partial charge in [0.05, 0.1) is 12.6 Å². The summed E-state index contributed by atoms with van der Waals surface area (Å²) in [4.78, 5) is 0. The summed E-state index contributed by atoms with van der Waals surface area (Å²) < 4.78 is 2.14. The van der Waals surface area contributed by atoms with Crippen molar-refractivity contribution in [1.82, 2.24) is 9.88 Å². The lowest BCUT2D eigenvalue weighted by molar-refractivity contribution is 0.154. The minimum Gasteiger partial charge on any atom is -0.390 e. The van der Waals surface area contributed by atoms with Crippen LogP contribution in [0.25, 0.3) is 21.8 Å². The maximum atomic E-state index is 10.5. The molecule has 2 N–H and O–H groups in total. The zero-order chi connectivity index (χ0) is 18.0. The fourth-order valence-corrected chi connectivity index (χ4v) is 3.52. The normalized spacial score (nSPS) is 13.2. The van der Waals surface area contributed by atoms with Crippen molar-refractivity contribution in [2.75, 3.05) is 13.1 Å². The van der Waals surface area contributed by atoms with Crippen LogP contribution in [0, 0.1) is 5.92 Å². The Balaban J connectivity index is 1.87. The van der Waals surface area contributed by atoms with Crippen LogP contribution in [0.2, 0.25) is 10.0 Å². The molecule has 3 rings (SSSR count). The second-order valence-corrected chi connectivity index (χ2v) is 7.85. The van der Waals surface area contributed by atoms with E-state index in [-0.39, 0.29) is 0 Å². The Bertz CT molecular complexity index is 814. The quantitative estimate of drug-likeness (QED) is 0.561. The first-order chi connectivity index (χ1) is 12.0. The Labute approximate surface area is 158 Å². The van der Waals surface area contributed by atoms with Crippen molar-refractivity contribution in [2.45, 2.75) is 32.9 Å². The molecule has 0 aliphatic rings. The molecule has 0 aliphatic carbocycles. The Morgan fingerprint density at radius 2 is 1.56 bits per heavy atom. The molecule has 0 amide bonds. The van der Waals surface area contributed by atoms with Gasteiger partial charge in [0.25, 0.3) is 0 Å². The van der Waals surface area contributed by atoms with Gasteiger partial charge in [0.15, 0.2) is 0 Å². The molecule has 0 aliphatic heterocycles. The molecule has 3 aromatic rings. The molecule has 3 nitrogen and oxygen atoms in total. The Hall–Kier alpha value is -1.26. The maximum absolute atomic E-state index is 10.5. The molecular weight excluding hydrogens is 355 g/mol. The van der Waals surface area contributed by atoms with Gasteiger partial charge in [-0.3, -0.25) is 0 Å². The third-order valence-corrected chi connectivity index (χ3v) is 4.93. The number of halogens is 2. The molecular formula is C20H24Cl2N2O. The van der Waals surface area contributed by atoms with Crippen molar-refractivity contribution in [3.63, 3.8) is 0 Å². The molecule has 5 heteroatoms. The third kappa shape index (κ3) is 4.29. The Morgan fingerprint density at radius 1 is 1.00 bits per heavy atom. The number of fused-ring (bicyclic) bond motifs is 3. The summed E-state index contributed by atoms with van der Waals surface area (Å²) in [6.07, 6.45) is 0.649. The van der Waals surface area contributed by atoms with Crippen LogP contribution in [-0.4, -0.2) is 28.9 Å². The molecule has 1 atom stereocenters. The molecule has 0 bridgehead atoms. The number of hydrogen-bond acceptors (Lipinski definition) is 2. The van der Waals surface area contributed by atoms with E-state index in [2.05, 4.69) is 23.7 Å². The number of aliphatic hydroxyl groups is 1. The first-order valence-corrected chi connectivity index (χ1v) is 9.47. The molecule has 134 valence electrons. The highest BCUT2D eigenvalue weighted by Crippen LogP contribution is 2.32. The van der Waals surface area contributed by atoms with Gasteiger partial charge in [-0.15, -0.1) is 0 Å². The van der Waals surface area contributed by atoms with E-state index in [1.54, 1.807) is 0 Å². The van der Waals surface area contributed by atoms with Crippen LogP contribution in [0.15, 0.2) is 36.4 Å². The van der Waals surface area contributed by atoms with Gasteiger partial charge in [-0.25, -0.2) is 0 Å². The summed E-state index contributed by atoms with van der Waals surface area (Å²) in [5, 5.41) is 17.3. The van der Waals surface area contributed by atoms with E-state index in [1.807, 2.05) is 36.4 Å². The largest absolute Gasteiger partial charge is 0.390 e. The molecule has 0 unspecified atom stereocenters. The number of nitrogens with one attached hydrogen (secondary N) is 1. The minimum absolute atomic E-state index is 0.461. The highest BCUT2D eigenvalue weighted by Gasteiger charge is 2.14. The van der Waals surface area contributed by atoms with Crippen molar-refractivity contribution in [1.29, 1.82) is 0 Å². The van der Waals surface area contributed by atoms with E-state index >= 15 is 0 Å². The smallest absolute Gasteiger partial charge is 0.0843 e. The molecule has 25 heavy (non-hydrogen) atoms. The van der Waals surface area contributed by atoms with Crippen LogP contribution in [0.3, 0.4) is 0 Å². The predicted molar refractivity (Wildman–Crippen MR) is 108 cm³/mol. The van der Waals surface area contributed by atoms with Crippen molar-refractivity contribution >= 4 is 45.0 Å². The predicted octanol–water partition coefficient (Wildman–Crippen LogP) is 5.10. The number of hydrogen-bond donors (Lipinski definition) is 2. The molecule has 0 saturated carbocycles. The van der Waals surface area contributed by atoms with Gasteiger partial charge in [0, 0.05) is 38.4 Å². The number of aliphatic hydroxyl groups excluding tert-OH is 1. The van der Waals surface area contributed by atoms with Gasteiger partial charge in [0.1, 0.15) is 0 Å². The van der Waals surface area contributed by atoms with E-state index in [9.17, 15) is 5.11 Å². The van der Waals surface area contributed by atoms with Crippen LogP contribution in [-0.2, 0) is 6.54 Å². The van der Waals surface area contributed by atoms with Crippen LogP contribution in [0.1, 0.15) is 20.3 Å². The summed E-state index contributed by atoms with van der Waals surface area (Å²) in [6.45, 7) is 6.43. The summed E-state index contributed by atoms with van der Waals surface area (Å²) in [5.41, 5.74) is 2.12. The van der Waals surface area contributed by atoms with E-state index in [4.69, 9.17) is 23.2 Å². The first-order valence-electron chi connectivity index (χ1n) is 8.71. The molecule has 2 aromatic carbocycles. The van der Waals surface area contributed by atoms with Gasteiger partial charge in [-0.05, 0) is 55.3 Å². The van der Waals surface area contributed by atoms with Crippen molar-refractivity contribution in [3.8, 4) is 0 Å². The molecule has 1 heterocycles. The van der Waals surface area contributed by atoms with E-state index in [1.165, 1.54) is 0 Å². The minimum atomic E-state index is -0.461. The Kier molecular flexibility index (Phi) is 5.90. The summed E-state index contributed by atoms with van der Waals surface area (Å²) in [6, 6.07) is 11.7. The van der Waals surface area contributed by atoms with E-state index in [0.29, 0.717) is 29.1 Å². The monoisotopic (exact) mass is 378 g/mol. The topological polar surface area (TPSA) is 37.2 Å². The van der Waals surface area contributed by atoms with Gasteiger partial charge in [-0.1, -0.05) is 37.0 Å². The van der Waals surface area contributed by atoms with Gasteiger partial charge < -0.3 is 15.0 Å². The number of nitrogens with zero attached hydrogens (tertiary/aromatic N) is 1. The SMILES string of the molecule is CC(C)CCNC[C@@H](O)Cn1c2ccc(Cl)cc2c2cc(Cl)ccc21. The lowest BCUT2D eigenvalue weighted by atomic mass is 10.1. The zero-order valence-corrected chi connectivity index (χ0v) is 16.1. The third-order valence-electron chi connectivity index (χ3n) is 4.46. The summed E-state index contributed by atoms with van der Waals surface area (Å²) in [5.74, 6) is 0.663. The Morgan fingerprint density at radius 3 is 2.08 bits per heavy atom. The highest BCUT2D eigenvalue weighted by molar-refractivity contribution is 6.33. The zero-order valence-electron chi connectivity index (χ0n) is 14.6. The second kappa shape index (κ2) is 7.96. The molecule has 1 aromatic heterocycles. The highest BCUT2D eigenvalue weighted by atomic mass is 35.5.